The molecule has 20 heavy (non-hydrogen) atoms. The SMILES string of the molecule is O=[N+]([O-])c1ccc(NC(=S)c2ccc(O)cc2O)cc1. The van der Waals surface area contributed by atoms with Crippen LogP contribution >= 0.6 is 12.2 Å². The van der Waals surface area contributed by atoms with Crippen molar-refractivity contribution in [1.82, 2.24) is 0 Å². The van der Waals surface area contributed by atoms with E-state index in [2.05, 4.69) is 5.32 Å². The minimum Gasteiger partial charge on any atom is -0.508 e. The zero-order chi connectivity index (χ0) is 14.7. The largest absolute Gasteiger partial charge is 0.508 e. The first-order valence-electron chi connectivity index (χ1n) is 5.55. The second kappa shape index (κ2) is 5.54. The molecular formula is C13H10N2O4S. The van der Waals surface area contributed by atoms with E-state index >= 15 is 0 Å². The van der Waals surface area contributed by atoms with Crippen molar-refractivity contribution in [2.24, 2.45) is 0 Å². The summed E-state index contributed by atoms with van der Waals surface area (Å²) in [5.41, 5.74) is 0.901. The summed E-state index contributed by atoms with van der Waals surface area (Å²) in [6.07, 6.45) is 0. The predicted octanol–water partition coefficient (Wildman–Crippen LogP) is 2.79. The molecule has 0 bridgehead atoms. The summed E-state index contributed by atoms with van der Waals surface area (Å²) in [7, 11) is 0. The van der Waals surface area contributed by atoms with Crippen LogP contribution < -0.4 is 5.32 Å². The summed E-state index contributed by atoms with van der Waals surface area (Å²) in [6, 6.07) is 9.79. The smallest absolute Gasteiger partial charge is 0.269 e. The number of rotatable bonds is 3. The van der Waals surface area contributed by atoms with Crippen LogP contribution in [0.15, 0.2) is 42.5 Å². The number of hydrogen-bond donors (Lipinski definition) is 3. The standard InChI is InChI=1S/C13H10N2O4S/c16-10-5-6-11(12(17)7-10)13(20)14-8-1-3-9(4-2-8)15(18)19/h1-7,16-17H,(H,14,20). The first kappa shape index (κ1) is 13.8. The van der Waals surface area contributed by atoms with E-state index in [4.69, 9.17) is 12.2 Å². The number of anilines is 1. The molecule has 102 valence electrons. The highest BCUT2D eigenvalue weighted by Gasteiger charge is 2.09. The minimum absolute atomic E-state index is 0.0195. The van der Waals surface area contributed by atoms with Gasteiger partial charge in [-0.1, -0.05) is 12.2 Å². The van der Waals surface area contributed by atoms with E-state index in [1.807, 2.05) is 0 Å². The highest BCUT2D eigenvalue weighted by molar-refractivity contribution is 7.81. The molecule has 3 N–H and O–H groups in total. The molecule has 2 rings (SSSR count). The van der Waals surface area contributed by atoms with Gasteiger partial charge in [0.25, 0.3) is 5.69 Å². The molecule has 0 unspecified atom stereocenters. The van der Waals surface area contributed by atoms with Gasteiger partial charge in [-0.25, -0.2) is 0 Å². The lowest BCUT2D eigenvalue weighted by Gasteiger charge is -2.09. The Morgan fingerprint density at radius 2 is 1.80 bits per heavy atom. The van der Waals surface area contributed by atoms with Crippen LogP contribution in [0.5, 0.6) is 11.5 Å². The van der Waals surface area contributed by atoms with Crippen LogP contribution in [0.4, 0.5) is 11.4 Å². The molecule has 2 aromatic rings. The molecule has 0 aliphatic heterocycles. The number of nitrogens with zero attached hydrogens (tertiary/aromatic N) is 1. The average molecular weight is 290 g/mol. The van der Waals surface area contributed by atoms with Gasteiger partial charge < -0.3 is 15.5 Å². The molecule has 0 amide bonds. The normalized spacial score (nSPS) is 10.0. The van der Waals surface area contributed by atoms with E-state index in [9.17, 15) is 20.3 Å². The van der Waals surface area contributed by atoms with E-state index in [-0.39, 0.29) is 22.2 Å². The first-order chi connectivity index (χ1) is 9.47. The van der Waals surface area contributed by atoms with Crippen molar-refractivity contribution in [3.63, 3.8) is 0 Å². The van der Waals surface area contributed by atoms with E-state index in [0.717, 1.165) is 0 Å². The van der Waals surface area contributed by atoms with Gasteiger partial charge in [0.15, 0.2) is 0 Å². The van der Waals surface area contributed by atoms with Crippen molar-refractivity contribution < 1.29 is 15.1 Å². The van der Waals surface area contributed by atoms with E-state index in [1.54, 1.807) is 0 Å². The number of phenolic OH excluding ortho intramolecular Hbond substituents is 2. The number of nitrogens with one attached hydrogen (secondary N) is 1. The highest BCUT2D eigenvalue weighted by atomic mass is 32.1. The molecule has 6 nitrogen and oxygen atoms in total. The lowest BCUT2D eigenvalue weighted by atomic mass is 10.2. The van der Waals surface area contributed by atoms with Crippen molar-refractivity contribution >= 4 is 28.6 Å². The molecule has 0 aliphatic carbocycles. The Hall–Kier alpha value is -2.67. The van der Waals surface area contributed by atoms with Crippen molar-refractivity contribution in [3.05, 3.63) is 58.1 Å². The van der Waals surface area contributed by atoms with Gasteiger partial charge >= 0.3 is 0 Å². The maximum absolute atomic E-state index is 10.5. The minimum atomic E-state index is -0.492. The zero-order valence-corrected chi connectivity index (χ0v) is 10.9. The van der Waals surface area contributed by atoms with Crippen LogP contribution in [0, 0.1) is 10.1 Å². The summed E-state index contributed by atoms with van der Waals surface area (Å²) >= 11 is 5.13. The fraction of sp³-hybridized carbons (Fsp3) is 0. The average Bonchev–Trinajstić information content (AvgIpc) is 2.39. The number of hydrogen-bond acceptors (Lipinski definition) is 5. The molecule has 7 heteroatoms. The second-order valence-electron chi connectivity index (χ2n) is 3.96. The monoisotopic (exact) mass is 290 g/mol. The maximum Gasteiger partial charge on any atom is 0.269 e. The third-order valence-corrected chi connectivity index (χ3v) is 2.88. The fourth-order valence-electron chi connectivity index (χ4n) is 1.58. The van der Waals surface area contributed by atoms with Gasteiger partial charge in [-0.15, -0.1) is 0 Å². The first-order valence-corrected chi connectivity index (χ1v) is 5.96. The Labute approximate surface area is 119 Å². The van der Waals surface area contributed by atoms with E-state index in [1.165, 1.54) is 42.5 Å². The Morgan fingerprint density at radius 1 is 1.15 bits per heavy atom. The summed E-state index contributed by atoms with van der Waals surface area (Å²) in [5.74, 6) is -0.214. The molecule has 0 heterocycles. The van der Waals surface area contributed by atoms with Crippen LogP contribution in [0.1, 0.15) is 5.56 Å². The lowest BCUT2D eigenvalue weighted by molar-refractivity contribution is -0.384. The Morgan fingerprint density at radius 3 is 2.35 bits per heavy atom. The molecular weight excluding hydrogens is 280 g/mol. The second-order valence-corrected chi connectivity index (χ2v) is 4.37. The molecule has 0 saturated heterocycles. The van der Waals surface area contributed by atoms with Crippen LogP contribution in [-0.2, 0) is 0 Å². The van der Waals surface area contributed by atoms with Gasteiger partial charge in [0.1, 0.15) is 16.5 Å². The number of benzene rings is 2. The molecule has 0 fully saturated rings. The number of phenols is 2. The molecule has 2 aromatic carbocycles. The van der Waals surface area contributed by atoms with Crippen molar-refractivity contribution in [3.8, 4) is 11.5 Å². The third-order valence-electron chi connectivity index (χ3n) is 2.56. The molecule has 0 radical (unpaired) electrons. The quantitative estimate of drug-likeness (QED) is 0.457. The molecule has 0 spiro atoms. The van der Waals surface area contributed by atoms with Crippen molar-refractivity contribution in [2.45, 2.75) is 0 Å². The van der Waals surface area contributed by atoms with E-state index < -0.39 is 4.92 Å². The Bertz CT molecular complexity index is 671. The number of nitro groups is 1. The number of thiocarbonyl (C=S) groups is 1. The lowest BCUT2D eigenvalue weighted by Crippen LogP contribution is -2.10. The maximum atomic E-state index is 10.5. The van der Waals surface area contributed by atoms with Crippen LogP contribution in [-0.4, -0.2) is 20.1 Å². The van der Waals surface area contributed by atoms with E-state index in [0.29, 0.717) is 11.3 Å². The van der Waals surface area contributed by atoms with Gasteiger partial charge in [0, 0.05) is 23.9 Å². The van der Waals surface area contributed by atoms with Crippen molar-refractivity contribution in [2.75, 3.05) is 5.32 Å². The predicted molar refractivity (Wildman–Crippen MR) is 78.2 cm³/mol. The van der Waals surface area contributed by atoms with Gasteiger partial charge in [-0.3, -0.25) is 10.1 Å². The van der Waals surface area contributed by atoms with Gasteiger partial charge in [-0.05, 0) is 24.3 Å². The topological polar surface area (TPSA) is 95.6 Å². The third kappa shape index (κ3) is 3.01. The molecule has 0 aromatic heterocycles. The number of non-ortho nitro benzene ring substituents is 1. The Kier molecular flexibility index (Phi) is 3.81. The molecule has 0 atom stereocenters. The molecule has 0 saturated carbocycles. The number of nitro benzene ring substituents is 1. The number of aromatic hydroxyl groups is 2. The summed E-state index contributed by atoms with van der Waals surface area (Å²) in [4.78, 5) is 10.3. The fourth-order valence-corrected chi connectivity index (χ4v) is 1.87. The van der Waals surface area contributed by atoms with Crippen LogP contribution in [0.25, 0.3) is 0 Å². The zero-order valence-electron chi connectivity index (χ0n) is 10.1. The Balaban J connectivity index is 2.17. The molecule has 0 aliphatic rings. The van der Waals surface area contributed by atoms with Gasteiger partial charge in [-0.2, -0.15) is 0 Å². The van der Waals surface area contributed by atoms with Gasteiger partial charge in [0.05, 0.1) is 10.5 Å². The summed E-state index contributed by atoms with van der Waals surface area (Å²) in [6.45, 7) is 0. The summed E-state index contributed by atoms with van der Waals surface area (Å²) in [5, 5.41) is 32.3. The highest BCUT2D eigenvalue weighted by Crippen LogP contribution is 2.24. The van der Waals surface area contributed by atoms with Gasteiger partial charge in [0.2, 0.25) is 0 Å². The summed E-state index contributed by atoms with van der Waals surface area (Å²) < 4.78 is 0. The van der Waals surface area contributed by atoms with Crippen LogP contribution in [0.2, 0.25) is 0 Å². The van der Waals surface area contributed by atoms with Crippen molar-refractivity contribution in [1.29, 1.82) is 0 Å². The van der Waals surface area contributed by atoms with Crippen LogP contribution in [0.3, 0.4) is 0 Å².